The summed E-state index contributed by atoms with van der Waals surface area (Å²) >= 11 is 0. The lowest BCUT2D eigenvalue weighted by Gasteiger charge is -2.22. The van der Waals surface area contributed by atoms with Gasteiger partial charge in [-0.2, -0.15) is 4.98 Å². The van der Waals surface area contributed by atoms with Crippen LogP contribution in [0.1, 0.15) is 66.1 Å². The normalized spacial score (nSPS) is 16.7. The van der Waals surface area contributed by atoms with Crippen LogP contribution < -0.4 is 5.73 Å². The molecule has 0 fully saturated rings. The highest BCUT2D eigenvalue weighted by Gasteiger charge is 2.28. The molecular weight excluding hydrogens is 266 g/mol. The van der Waals surface area contributed by atoms with Crippen LogP contribution >= 0.6 is 0 Å². The van der Waals surface area contributed by atoms with Crippen LogP contribution in [0.3, 0.4) is 0 Å². The van der Waals surface area contributed by atoms with Crippen LogP contribution in [0.15, 0.2) is 4.52 Å². The first-order chi connectivity index (χ1) is 9.64. The lowest BCUT2D eigenvalue weighted by atomic mass is 9.84. The number of aromatic nitrogens is 2. The SMILES string of the molecule is CCCOCC(C)(N)c1noc(CC(C)CC(C)(C)C)n1. The van der Waals surface area contributed by atoms with E-state index >= 15 is 0 Å². The first kappa shape index (κ1) is 18.1. The van der Waals surface area contributed by atoms with Gasteiger partial charge in [-0.25, -0.2) is 0 Å². The maximum absolute atomic E-state index is 6.21. The maximum atomic E-state index is 6.21. The Bertz CT molecular complexity index is 421. The predicted molar refractivity (Wildman–Crippen MR) is 83.9 cm³/mol. The van der Waals surface area contributed by atoms with Gasteiger partial charge in [0.1, 0.15) is 5.54 Å². The third kappa shape index (κ3) is 6.57. The van der Waals surface area contributed by atoms with Gasteiger partial charge in [0.25, 0.3) is 0 Å². The Balaban J connectivity index is 2.59. The second kappa shape index (κ2) is 7.36. The molecule has 5 nitrogen and oxygen atoms in total. The molecule has 0 saturated heterocycles. The van der Waals surface area contributed by atoms with Crippen molar-refractivity contribution in [3.8, 4) is 0 Å². The number of hydrogen-bond acceptors (Lipinski definition) is 5. The summed E-state index contributed by atoms with van der Waals surface area (Å²) in [4.78, 5) is 4.45. The fourth-order valence-electron chi connectivity index (χ4n) is 2.48. The molecule has 122 valence electrons. The quantitative estimate of drug-likeness (QED) is 0.745. The molecular formula is C16H31N3O2. The van der Waals surface area contributed by atoms with Crippen molar-refractivity contribution in [2.24, 2.45) is 17.1 Å². The Kier molecular flexibility index (Phi) is 6.35. The molecule has 0 amide bonds. The number of ether oxygens (including phenoxy) is 1. The second-order valence-electron chi connectivity index (χ2n) is 7.56. The molecule has 0 aliphatic carbocycles. The molecule has 2 atom stereocenters. The van der Waals surface area contributed by atoms with E-state index in [9.17, 15) is 0 Å². The van der Waals surface area contributed by atoms with Gasteiger partial charge in [0, 0.05) is 13.0 Å². The Hall–Kier alpha value is -0.940. The van der Waals surface area contributed by atoms with E-state index in [1.54, 1.807) is 0 Å². The lowest BCUT2D eigenvalue weighted by molar-refractivity contribution is 0.0867. The molecule has 1 aromatic heterocycles. The average Bonchev–Trinajstić information content (AvgIpc) is 2.75. The standard InChI is InChI=1S/C16H31N3O2/c1-7-8-20-11-16(6,17)14-18-13(21-19-14)9-12(2)10-15(3,4)5/h12H,7-11,17H2,1-6H3. The molecule has 1 aromatic rings. The summed E-state index contributed by atoms with van der Waals surface area (Å²) < 4.78 is 10.9. The largest absolute Gasteiger partial charge is 0.379 e. The van der Waals surface area contributed by atoms with E-state index in [1.165, 1.54) is 0 Å². The Morgan fingerprint density at radius 1 is 1.29 bits per heavy atom. The van der Waals surface area contributed by atoms with Crippen molar-refractivity contribution >= 4 is 0 Å². The number of hydrogen-bond donors (Lipinski definition) is 1. The second-order valence-corrected chi connectivity index (χ2v) is 7.56. The monoisotopic (exact) mass is 297 g/mol. The van der Waals surface area contributed by atoms with Crippen molar-refractivity contribution in [3.63, 3.8) is 0 Å². The summed E-state index contributed by atoms with van der Waals surface area (Å²) in [6.07, 6.45) is 2.87. The summed E-state index contributed by atoms with van der Waals surface area (Å²) in [5, 5.41) is 4.03. The highest BCUT2D eigenvalue weighted by molar-refractivity contribution is 5.02. The highest BCUT2D eigenvalue weighted by Crippen LogP contribution is 2.26. The van der Waals surface area contributed by atoms with Crippen molar-refractivity contribution in [1.29, 1.82) is 0 Å². The molecule has 0 spiro atoms. The first-order valence-electron chi connectivity index (χ1n) is 7.84. The summed E-state index contributed by atoms with van der Waals surface area (Å²) in [7, 11) is 0. The van der Waals surface area contributed by atoms with Crippen molar-refractivity contribution < 1.29 is 9.26 Å². The molecule has 2 N–H and O–H groups in total. The minimum absolute atomic E-state index is 0.304. The van der Waals surface area contributed by atoms with Gasteiger partial charge in [-0.15, -0.1) is 0 Å². The zero-order valence-corrected chi connectivity index (χ0v) is 14.4. The van der Waals surface area contributed by atoms with E-state index in [-0.39, 0.29) is 0 Å². The summed E-state index contributed by atoms with van der Waals surface area (Å²) in [6.45, 7) is 14.0. The molecule has 2 unspecified atom stereocenters. The van der Waals surface area contributed by atoms with Gasteiger partial charge in [-0.3, -0.25) is 0 Å². The maximum Gasteiger partial charge on any atom is 0.226 e. The van der Waals surface area contributed by atoms with Gasteiger partial charge in [-0.05, 0) is 31.1 Å². The average molecular weight is 297 g/mol. The molecule has 0 aliphatic rings. The summed E-state index contributed by atoms with van der Waals surface area (Å²) in [5.74, 6) is 1.68. The summed E-state index contributed by atoms with van der Waals surface area (Å²) in [5.41, 5.74) is 5.81. The number of nitrogens with two attached hydrogens (primary N) is 1. The fourth-order valence-corrected chi connectivity index (χ4v) is 2.48. The minimum atomic E-state index is -0.704. The molecule has 0 aromatic carbocycles. The van der Waals surface area contributed by atoms with Crippen LogP contribution in [-0.2, 0) is 16.7 Å². The van der Waals surface area contributed by atoms with Crippen molar-refractivity contribution in [1.82, 2.24) is 10.1 Å². The van der Waals surface area contributed by atoms with Crippen LogP contribution in [0.2, 0.25) is 0 Å². The van der Waals surface area contributed by atoms with E-state index in [2.05, 4.69) is 44.8 Å². The van der Waals surface area contributed by atoms with Crippen LogP contribution in [0.4, 0.5) is 0 Å². The Morgan fingerprint density at radius 3 is 2.52 bits per heavy atom. The molecule has 0 radical (unpaired) electrons. The van der Waals surface area contributed by atoms with Crippen LogP contribution in [-0.4, -0.2) is 23.4 Å². The summed E-state index contributed by atoms with van der Waals surface area (Å²) in [6, 6.07) is 0. The van der Waals surface area contributed by atoms with Gasteiger partial charge >= 0.3 is 0 Å². The topological polar surface area (TPSA) is 74.2 Å². The minimum Gasteiger partial charge on any atom is -0.379 e. The smallest absolute Gasteiger partial charge is 0.226 e. The van der Waals surface area contributed by atoms with Crippen LogP contribution in [0, 0.1) is 11.3 Å². The molecule has 0 aliphatic heterocycles. The molecule has 5 heteroatoms. The Labute approximate surface area is 128 Å². The van der Waals surface area contributed by atoms with E-state index in [0.29, 0.717) is 36.3 Å². The fraction of sp³-hybridized carbons (Fsp3) is 0.875. The van der Waals surface area contributed by atoms with Crippen molar-refractivity contribution in [2.45, 2.75) is 66.3 Å². The van der Waals surface area contributed by atoms with E-state index in [1.807, 2.05) is 6.92 Å². The molecule has 0 saturated carbocycles. The van der Waals surface area contributed by atoms with Gasteiger partial charge in [0.05, 0.1) is 6.61 Å². The zero-order valence-electron chi connectivity index (χ0n) is 14.4. The first-order valence-corrected chi connectivity index (χ1v) is 7.84. The van der Waals surface area contributed by atoms with Crippen molar-refractivity contribution in [2.75, 3.05) is 13.2 Å². The van der Waals surface area contributed by atoms with Gasteiger partial charge < -0.3 is 15.0 Å². The van der Waals surface area contributed by atoms with Gasteiger partial charge in [0.15, 0.2) is 5.82 Å². The van der Waals surface area contributed by atoms with Gasteiger partial charge in [0.2, 0.25) is 5.89 Å². The lowest BCUT2D eigenvalue weighted by Crippen LogP contribution is -2.39. The third-order valence-electron chi connectivity index (χ3n) is 3.21. The zero-order chi connectivity index (χ0) is 16.1. The highest BCUT2D eigenvalue weighted by atomic mass is 16.5. The number of rotatable bonds is 8. The predicted octanol–water partition coefficient (Wildman–Crippen LogP) is 3.28. The van der Waals surface area contributed by atoms with Crippen LogP contribution in [0.5, 0.6) is 0 Å². The number of nitrogens with zero attached hydrogens (tertiary/aromatic N) is 2. The molecule has 21 heavy (non-hydrogen) atoms. The third-order valence-corrected chi connectivity index (χ3v) is 3.21. The molecule has 1 heterocycles. The molecule has 1 rings (SSSR count). The Morgan fingerprint density at radius 2 is 1.95 bits per heavy atom. The van der Waals surface area contributed by atoms with Crippen LogP contribution in [0.25, 0.3) is 0 Å². The van der Waals surface area contributed by atoms with E-state index in [0.717, 1.165) is 19.3 Å². The van der Waals surface area contributed by atoms with Crippen molar-refractivity contribution in [3.05, 3.63) is 11.7 Å². The molecule has 0 bridgehead atoms. The van der Waals surface area contributed by atoms with E-state index < -0.39 is 5.54 Å². The van der Waals surface area contributed by atoms with Gasteiger partial charge in [-0.1, -0.05) is 39.8 Å². The van der Waals surface area contributed by atoms with E-state index in [4.69, 9.17) is 15.0 Å².